The molecule has 1 amide bonds. The van der Waals surface area contributed by atoms with Gasteiger partial charge < -0.3 is 4.90 Å². The van der Waals surface area contributed by atoms with Crippen LogP contribution in [0.1, 0.15) is 20.8 Å². The van der Waals surface area contributed by atoms with Crippen molar-refractivity contribution < 1.29 is 9.18 Å². The van der Waals surface area contributed by atoms with Crippen LogP contribution in [0, 0.1) is 12.7 Å². The zero-order valence-electron chi connectivity index (χ0n) is 10.3. The number of benzene rings is 1. The lowest BCUT2D eigenvalue weighted by Gasteiger charge is -2.17. The molecule has 2 nitrogen and oxygen atoms in total. The Morgan fingerprint density at radius 2 is 2.17 bits per heavy atom. The van der Waals surface area contributed by atoms with Crippen molar-refractivity contribution in [1.82, 2.24) is 4.90 Å². The van der Waals surface area contributed by atoms with E-state index in [1.54, 1.807) is 35.4 Å². The molecular formula is C14H14FNOS. The second-order valence-electron chi connectivity index (χ2n) is 4.20. The van der Waals surface area contributed by atoms with E-state index >= 15 is 0 Å². The normalized spacial score (nSPS) is 10.4. The molecule has 0 fully saturated rings. The summed E-state index contributed by atoms with van der Waals surface area (Å²) in [7, 11) is 1.73. The van der Waals surface area contributed by atoms with E-state index in [2.05, 4.69) is 0 Å². The molecule has 1 aromatic carbocycles. The van der Waals surface area contributed by atoms with Crippen molar-refractivity contribution in [3.63, 3.8) is 0 Å². The third-order valence-electron chi connectivity index (χ3n) is 2.77. The second-order valence-corrected chi connectivity index (χ2v) is 5.20. The molecule has 0 unspecified atom stereocenters. The predicted octanol–water partition coefficient (Wildman–Crippen LogP) is 3.47. The number of thiophene rings is 1. The average molecular weight is 263 g/mol. The lowest BCUT2D eigenvalue weighted by atomic mass is 10.2. The molecule has 0 radical (unpaired) electrons. The van der Waals surface area contributed by atoms with E-state index < -0.39 is 0 Å². The zero-order chi connectivity index (χ0) is 13.1. The number of amides is 1. The van der Waals surface area contributed by atoms with Gasteiger partial charge in [-0.1, -0.05) is 6.07 Å². The Morgan fingerprint density at radius 3 is 2.78 bits per heavy atom. The first kappa shape index (κ1) is 12.8. The van der Waals surface area contributed by atoms with E-state index in [9.17, 15) is 9.18 Å². The highest BCUT2D eigenvalue weighted by molar-refractivity contribution is 7.10. The van der Waals surface area contributed by atoms with Crippen LogP contribution in [0.5, 0.6) is 0 Å². The van der Waals surface area contributed by atoms with E-state index in [-0.39, 0.29) is 11.7 Å². The van der Waals surface area contributed by atoms with Gasteiger partial charge in [-0.05, 0) is 42.1 Å². The fraction of sp³-hybridized carbons (Fsp3) is 0.214. The van der Waals surface area contributed by atoms with Crippen LogP contribution in [0.15, 0.2) is 35.7 Å². The molecule has 0 saturated heterocycles. The molecule has 18 heavy (non-hydrogen) atoms. The summed E-state index contributed by atoms with van der Waals surface area (Å²) in [5.41, 5.74) is 1.56. The summed E-state index contributed by atoms with van der Waals surface area (Å²) in [6, 6.07) is 7.80. The molecule has 4 heteroatoms. The van der Waals surface area contributed by atoms with Crippen LogP contribution in [-0.2, 0) is 6.54 Å². The van der Waals surface area contributed by atoms with E-state index in [1.807, 2.05) is 18.4 Å². The Bertz CT molecular complexity index is 564. The summed E-state index contributed by atoms with van der Waals surface area (Å²) in [6.07, 6.45) is 0. The number of aryl methyl sites for hydroxylation is 1. The Hall–Kier alpha value is -1.68. The summed E-state index contributed by atoms with van der Waals surface area (Å²) < 4.78 is 13.1. The molecule has 1 heterocycles. The van der Waals surface area contributed by atoms with Crippen molar-refractivity contribution in [2.24, 2.45) is 0 Å². The summed E-state index contributed by atoms with van der Waals surface area (Å²) in [5.74, 6) is -0.552. The molecule has 2 aromatic rings. The van der Waals surface area contributed by atoms with Crippen molar-refractivity contribution in [1.29, 1.82) is 0 Å². The Balaban J connectivity index is 2.12. The van der Waals surface area contributed by atoms with Crippen LogP contribution >= 0.6 is 11.3 Å². The van der Waals surface area contributed by atoms with E-state index in [1.165, 1.54) is 17.7 Å². The maximum Gasteiger partial charge on any atom is 0.254 e. The van der Waals surface area contributed by atoms with Crippen molar-refractivity contribution in [3.05, 3.63) is 57.5 Å². The number of carbonyl (C=O) groups is 1. The average Bonchev–Trinajstić information content (AvgIpc) is 2.74. The van der Waals surface area contributed by atoms with Crippen LogP contribution in [0.4, 0.5) is 4.39 Å². The van der Waals surface area contributed by atoms with Gasteiger partial charge in [0.2, 0.25) is 0 Å². The number of hydrogen-bond acceptors (Lipinski definition) is 2. The van der Waals surface area contributed by atoms with Gasteiger partial charge in [0.05, 0.1) is 6.54 Å². The van der Waals surface area contributed by atoms with Gasteiger partial charge in [-0.2, -0.15) is 0 Å². The van der Waals surface area contributed by atoms with Crippen LogP contribution < -0.4 is 0 Å². The van der Waals surface area contributed by atoms with E-state index in [0.29, 0.717) is 12.1 Å². The van der Waals surface area contributed by atoms with Gasteiger partial charge in [0.15, 0.2) is 0 Å². The van der Waals surface area contributed by atoms with Gasteiger partial charge in [-0.15, -0.1) is 11.3 Å². The Kier molecular flexibility index (Phi) is 3.77. The smallest absolute Gasteiger partial charge is 0.254 e. The third-order valence-corrected chi connectivity index (χ3v) is 3.77. The lowest BCUT2D eigenvalue weighted by molar-refractivity contribution is 0.0786. The van der Waals surface area contributed by atoms with Gasteiger partial charge in [0.25, 0.3) is 5.91 Å². The number of nitrogens with zero attached hydrogens (tertiary/aromatic N) is 1. The molecular weight excluding hydrogens is 249 g/mol. The van der Waals surface area contributed by atoms with Gasteiger partial charge in [-0.25, -0.2) is 4.39 Å². The van der Waals surface area contributed by atoms with E-state index in [4.69, 9.17) is 0 Å². The lowest BCUT2D eigenvalue weighted by Crippen LogP contribution is -2.26. The number of hydrogen-bond donors (Lipinski definition) is 0. The molecule has 0 bridgehead atoms. The van der Waals surface area contributed by atoms with Crippen LogP contribution in [-0.4, -0.2) is 17.9 Å². The van der Waals surface area contributed by atoms with Crippen LogP contribution in [0.3, 0.4) is 0 Å². The minimum atomic E-state index is -0.387. The molecule has 0 N–H and O–H groups in total. The first-order valence-corrected chi connectivity index (χ1v) is 6.50. The summed E-state index contributed by atoms with van der Waals surface area (Å²) in [6.45, 7) is 2.57. The minimum absolute atomic E-state index is 0.165. The third kappa shape index (κ3) is 2.76. The largest absolute Gasteiger partial charge is 0.337 e. The topological polar surface area (TPSA) is 20.3 Å². The highest BCUT2D eigenvalue weighted by Crippen LogP contribution is 2.18. The van der Waals surface area contributed by atoms with Gasteiger partial charge in [-0.3, -0.25) is 4.79 Å². The number of rotatable bonds is 3. The van der Waals surface area contributed by atoms with Crippen molar-refractivity contribution in [3.8, 4) is 0 Å². The summed E-state index contributed by atoms with van der Waals surface area (Å²) in [4.78, 5) is 14.9. The van der Waals surface area contributed by atoms with E-state index in [0.717, 1.165) is 4.88 Å². The van der Waals surface area contributed by atoms with Gasteiger partial charge in [0.1, 0.15) is 5.82 Å². The molecule has 0 spiro atoms. The molecule has 0 aliphatic rings. The minimum Gasteiger partial charge on any atom is -0.337 e. The standard InChI is InChI=1S/C14H14FNOS/c1-10-6-7-18-13(10)9-16(2)14(17)11-4-3-5-12(15)8-11/h3-8H,9H2,1-2H3. The van der Waals surface area contributed by atoms with Gasteiger partial charge in [0, 0.05) is 17.5 Å². The Labute approximate surface area is 110 Å². The summed E-state index contributed by atoms with van der Waals surface area (Å²) >= 11 is 1.63. The fourth-order valence-corrected chi connectivity index (χ4v) is 2.65. The Morgan fingerprint density at radius 1 is 1.39 bits per heavy atom. The second kappa shape index (κ2) is 5.31. The molecule has 0 atom stereocenters. The predicted molar refractivity (Wildman–Crippen MR) is 71.3 cm³/mol. The first-order valence-electron chi connectivity index (χ1n) is 5.62. The quantitative estimate of drug-likeness (QED) is 0.830. The number of halogens is 1. The van der Waals surface area contributed by atoms with Crippen LogP contribution in [0.25, 0.3) is 0 Å². The van der Waals surface area contributed by atoms with Crippen molar-refractivity contribution in [2.45, 2.75) is 13.5 Å². The van der Waals surface area contributed by atoms with Crippen molar-refractivity contribution >= 4 is 17.2 Å². The maximum absolute atomic E-state index is 13.1. The molecule has 94 valence electrons. The molecule has 1 aromatic heterocycles. The monoisotopic (exact) mass is 263 g/mol. The van der Waals surface area contributed by atoms with Gasteiger partial charge >= 0.3 is 0 Å². The van der Waals surface area contributed by atoms with Crippen molar-refractivity contribution in [2.75, 3.05) is 7.05 Å². The highest BCUT2D eigenvalue weighted by Gasteiger charge is 2.13. The summed E-state index contributed by atoms with van der Waals surface area (Å²) in [5, 5.41) is 2.01. The molecule has 0 aliphatic heterocycles. The highest BCUT2D eigenvalue weighted by atomic mass is 32.1. The molecule has 2 rings (SSSR count). The number of carbonyl (C=O) groups excluding carboxylic acids is 1. The first-order chi connectivity index (χ1) is 8.58. The maximum atomic E-state index is 13.1. The zero-order valence-corrected chi connectivity index (χ0v) is 11.1. The molecule has 0 aliphatic carbocycles. The fourth-order valence-electron chi connectivity index (χ4n) is 1.70. The SMILES string of the molecule is Cc1ccsc1CN(C)C(=O)c1cccc(F)c1. The molecule has 0 saturated carbocycles. The van der Waals surface area contributed by atoms with Crippen LogP contribution in [0.2, 0.25) is 0 Å².